The van der Waals surface area contributed by atoms with Crippen LogP contribution in [0.25, 0.3) is 44.9 Å². The molecule has 2 aromatic heterocycles. The number of pyridine rings is 1. The van der Waals surface area contributed by atoms with E-state index in [2.05, 4.69) is 90.1 Å². The Bertz CT molecular complexity index is 1670. The van der Waals surface area contributed by atoms with Gasteiger partial charge in [0.05, 0.1) is 5.69 Å². The molecule has 0 amide bonds. The van der Waals surface area contributed by atoms with Gasteiger partial charge in [0, 0.05) is 34.4 Å². The van der Waals surface area contributed by atoms with Crippen LogP contribution in [-0.4, -0.2) is 9.97 Å². The number of nitrogens with zero attached hydrogens (tertiary/aromatic N) is 1. The molecule has 0 fully saturated rings. The molecule has 2 nitrogen and oxygen atoms in total. The van der Waals surface area contributed by atoms with E-state index in [4.69, 9.17) is 4.98 Å². The van der Waals surface area contributed by atoms with Crippen molar-refractivity contribution in [2.75, 3.05) is 0 Å². The van der Waals surface area contributed by atoms with Gasteiger partial charge >= 0.3 is 0 Å². The van der Waals surface area contributed by atoms with Crippen LogP contribution in [0.2, 0.25) is 0 Å². The highest BCUT2D eigenvalue weighted by molar-refractivity contribution is 5.97. The molecule has 0 aliphatic heterocycles. The van der Waals surface area contributed by atoms with Crippen LogP contribution in [0.5, 0.6) is 0 Å². The lowest BCUT2D eigenvalue weighted by molar-refractivity contribution is 0.818. The highest BCUT2D eigenvalue weighted by atomic mass is 14.7. The van der Waals surface area contributed by atoms with Gasteiger partial charge in [0.1, 0.15) is 0 Å². The Morgan fingerprint density at radius 1 is 0.697 bits per heavy atom. The predicted molar refractivity (Wildman–Crippen MR) is 136 cm³/mol. The lowest BCUT2D eigenvalue weighted by Crippen LogP contribution is -2.36. The van der Waals surface area contributed by atoms with Crippen molar-refractivity contribution >= 4 is 22.6 Å². The van der Waals surface area contributed by atoms with Crippen LogP contribution in [0.4, 0.5) is 0 Å². The van der Waals surface area contributed by atoms with Crippen LogP contribution in [0.3, 0.4) is 0 Å². The number of H-pyrrole nitrogens is 1. The zero-order valence-electron chi connectivity index (χ0n) is 18.4. The molecule has 158 valence electrons. The van der Waals surface area contributed by atoms with Gasteiger partial charge in [0.25, 0.3) is 0 Å². The van der Waals surface area contributed by atoms with E-state index in [1.165, 1.54) is 61.2 Å². The third-order valence-corrected chi connectivity index (χ3v) is 7.32. The maximum Gasteiger partial charge on any atom is 0.0798 e. The number of rotatable bonds is 2. The van der Waals surface area contributed by atoms with Gasteiger partial charge in [0.2, 0.25) is 0 Å². The van der Waals surface area contributed by atoms with Crippen molar-refractivity contribution in [2.24, 2.45) is 0 Å². The highest BCUT2D eigenvalue weighted by Gasteiger charge is 2.21. The van der Waals surface area contributed by atoms with Crippen molar-refractivity contribution in [1.82, 2.24) is 9.97 Å². The quantitative estimate of drug-likeness (QED) is 0.383. The number of fused-ring (bicyclic) bond motifs is 6. The molecule has 0 unspecified atom stereocenters. The Hall–Kier alpha value is -3.91. The summed E-state index contributed by atoms with van der Waals surface area (Å²) >= 11 is 0. The minimum atomic E-state index is 0.995. The first-order valence-corrected chi connectivity index (χ1v) is 11.8. The third kappa shape index (κ3) is 2.84. The molecule has 7 rings (SSSR count). The first-order valence-electron chi connectivity index (χ1n) is 11.8. The SMILES string of the molecule is C1=c2c(ccc3c2=C(c2cccnc2-c2c[nH]c4ccccc24)CCC3)-c2ccccc2C1. The number of benzene rings is 3. The second-order valence-corrected chi connectivity index (χ2v) is 9.11. The maximum atomic E-state index is 4.92. The van der Waals surface area contributed by atoms with E-state index in [9.17, 15) is 0 Å². The van der Waals surface area contributed by atoms with Gasteiger partial charge in [-0.1, -0.05) is 66.7 Å². The molecule has 2 aliphatic carbocycles. The maximum absolute atomic E-state index is 4.92. The van der Waals surface area contributed by atoms with Gasteiger partial charge in [-0.25, -0.2) is 0 Å². The Kier molecular flexibility index (Phi) is 4.13. The van der Waals surface area contributed by atoms with Crippen LogP contribution in [0, 0.1) is 0 Å². The van der Waals surface area contributed by atoms with Crippen LogP contribution in [0.15, 0.2) is 85.2 Å². The van der Waals surface area contributed by atoms with Crippen molar-refractivity contribution in [3.63, 3.8) is 0 Å². The van der Waals surface area contributed by atoms with Crippen LogP contribution >= 0.6 is 0 Å². The van der Waals surface area contributed by atoms with E-state index >= 15 is 0 Å². The van der Waals surface area contributed by atoms with Crippen molar-refractivity contribution < 1.29 is 0 Å². The zero-order chi connectivity index (χ0) is 21.8. The second kappa shape index (κ2) is 7.31. The average molecular weight is 425 g/mol. The van der Waals surface area contributed by atoms with Gasteiger partial charge < -0.3 is 4.98 Å². The average Bonchev–Trinajstić information content (AvgIpc) is 3.32. The molecule has 2 aliphatic rings. The number of aromatic nitrogens is 2. The third-order valence-electron chi connectivity index (χ3n) is 7.32. The van der Waals surface area contributed by atoms with E-state index in [1.54, 1.807) is 0 Å². The second-order valence-electron chi connectivity index (χ2n) is 9.11. The fourth-order valence-corrected chi connectivity index (χ4v) is 5.83. The zero-order valence-corrected chi connectivity index (χ0v) is 18.4. The smallest absolute Gasteiger partial charge is 0.0798 e. The summed E-state index contributed by atoms with van der Waals surface area (Å²) in [5.41, 5.74) is 11.8. The molecule has 3 aromatic carbocycles. The van der Waals surface area contributed by atoms with Crippen LogP contribution < -0.4 is 10.4 Å². The normalized spacial score (nSPS) is 14.4. The van der Waals surface area contributed by atoms with Gasteiger partial charge in [-0.15, -0.1) is 0 Å². The molecule has 5 aromatic rings. The number of para-hydroxylation sites is 1. The molecule has 2 heteroatoms. The van der Waals surface area contributed by atoms with Gasteiger partial charge in [-0.3, -0.25) is 4.98 Å². The standard InChI is InChI=1S/C31H24N2/c1-2-9-22-20(7-1)14-17-26-23(22)16-15-21-8-5-11-25(30(21)26)27-12-6-18-32-31(27)28-19-33-29-13-4-3-10-24(28)29/h1-4,6-7,9-10,12-13,15-19,33H,5,8,11,14H2. The largest absolute Gasteiger partial charge is 0.360 e. The molecule has 33 heavy (non-hydrogen) atoms. The minimum Gasteiger partial charge on any atom is -0.360 e. The molecule has 2 heterocycles. The summed E-state index contributed by atoms with van der Waals surface area (Å²) in [4.78, 5) is 8.36. The molecular formula is C31H24N2. The fourth-order valence-electron chi connectivity index (χ4n) is 5.83. The number of nitrogens with one attached hydrogen (secondary N) is 1. The molecular weight excluding hydrogens is 400 g/mol. The summed E-state index contributed by atoms with van der Waals surface area (Å²) in [6.45, 7) is 0. The van der Waals surface area contributed by atoms with E-state index < -0.39 is 0 Å². The van der Waals surface area contributed by atoms with Gasteiger partial charge in [-0.2, -0.15) is 0 Å². The Morgan fingerprint density at radius 3 is 2.58 bits per heavy atom. The number of hydrogen-bond donors (Lipinski definition) is 1. The van der Waals surface area contributed by atoms with Crippen LogP contribution in [0.1, 0.15) is 29.5 Å². The Morgan fingerprint density at radius 2 is 1.58 bits per heavy atom. The van der Waals surface area contributed by atoms with Crippen LogP contribution in [-0.2, 0) is 12.8 Å². The summed E-state index contributed by atoms with van der Waals surface area (Å²) in [7, 11) is 0. The molecule has 1 N–H and O–H groups in total. The number of hydrogen-bond acceptors (Lipinski definition) is 1. The summed E-state index contributed by atoms with van der Waals surface area (Å²) in [6.07, 6.45) is 10.9. The minimum absolute atomic E-state index is 0.995. The molecule has 0 atom stereocenters. The predicted octanol–water partition coefficient (Wildman–Crippen LogP) is 5.77. The molecule has 0 spiro atoms. The van der Waals surface area contributed by atoms with Crippen molar-refractivity contribution in [3.05, 3.63) is 112 Å². The highest BCUT2D eigenvalue weighted by Crippen LogP contribution is 2.34. The summed E-state index contributed by atoms with van der Waals surface area (Å²) in [5, 5.41) is 4.08. The molecule has 0 saturated carbocycles. The van der Waals surface area contributed by atoms with Crippen molar-refractivity contribution in [3.8, 4) is 22.4 Å². The van der Waals surface area contributed by atoms with E-state index in [-0.39, 0.29) is 0 Å². The van der Waals surface area contributed by atoms with E-state index in [0.717, 1.165) is 30.5 Å². The lowest BCUT2D eigenvalue weighted by Gasteiger charge is -2.22. The van der Waals surface area contributed by atoms with Crippen molar-refractivity contribution in [1.29, 1.82) is 0 Å². The monoisotopic (exact) mass is 424 g/mol. The molecule has 0 saturated heterocycles. The Balaban J connectivity index is 1.55. The van der Waals surface area contributed by atoms with E-state index in [0.29, 0.717) is 0 Å². The van der Waals surface area contributed by atoms with E-state index in [1.807, 2.05) is 6.20 Å². The summed E-state index contributed by atoms with van der Waals surface area (Å²) < 4.78 is 0. The first kappa shape index (κ1) is 18.6. The van der Waals surface area contributed by atoms with Gasteiger partial charge in [-0.05, 0) is 76.1 Å². The van der Waals surface area contributed by atoms with Gasteiger partial charge in [0.15, 0.2) is 0 Å². The fraction of sp³-hybridized carbons (Fsp3) is 0.129. The number of aromatic amines is 1. The van der Waals surface area contributed by atoms with Crippen molar-refractivity contribution in [2.45, 2.75) is 25.7 Å². The summed E-state index contributed by atoms with van der Waals surface area (Å²) in [5.74, 6) is 0. The first-order chi connectivity index (χ1) is 16.4. The topological polar surface area (TPSA) is 28.7 Å². The number of aryl methyl sites for hydroxylation is 1. The molecule has 0 bridgehead atoms. The molecule has 0 radical (unpaired) electrons. The lowest BCUT2D eigenvalue weighted by atomic mass is 9.82. The summed E-state index contributed by atoms with van der Waals surface area (Å²) in [6, 6.07) is 26.4. The Labute approximate surface area is 193 Å².